The van der Waals surface area contributed by atoms with E-state index >= 15 is 0 Å². The zero-order valence-electron chi connectivity index (χ0n) is 8.45. The van der Waals surface area contributed by atoms with Crippen molar-refractivity contribution in [3.63, 3.8) is 0 Å². The van der Waals surface area contributed by atoms with Crippen LogP contribution in [-0.4, -0.2) is 25.7 Å². The fourth-order valence-electron chi connectivity index (χ4n) is 1.70. The van der Waals surface area contributed by atoms with E-state index in [-0.39, 0.29) is 0 Å². The van der Waals surface area contributed by atoms with Gasteiger partial charge in [-0.05, 0) is 59.2 Å². The van der Waals surface area contributed by atoms with Crippen LogP contribution >= 0.6 is 0 Å². The molecule has 1 rings (SSSR count). The molecule has 0 aromatic carbocycles. The summed E-state index contributed by atoms with van der Waals surface area (Å²) in [5.74, 6) is 0. The van der Waals surface area contributed by atoms with Gasteiger partial charge in [0.1, 0.15) is 0 Å². The van der Waals surface area contributed by atoms with Gasteiger partial charge >= 0.3 is 0 Å². The summed E-state index contributed by atoms with van der Waals surface area (Å²) in [6, 6.07) is 0. The van der Waals surface area contributed by atoms with Gasteiger partial charge in [0.05, 0.1) is 0 Å². The van der Waals surface area contributed by atoms with Crippen LogP contribution in [0.5, 0.6) is 0 Å². The van der Waals surface area contributed by atoms with Crippen molar-refractivity contribution in [2.24, 2.45) is 0 Å². The molecule has 1 aliphatic carbocycles. The van der Waals surface area contributed by atoms with E-state index in [2.05, 4.69) is 17.6 Å². The van der Waals surface area contributed by atoms with Crippen molar-refractivity contribution in [1.29, 1.82) is 0 Å². The van der Waals surface area contributed by atoms with E-state index < -0.39 is 0 Å². The molecule has 0 aromatic rings. The van der Waals surface area contributed by atoms with E-state index in [0.29, 0.717) is 5.54 Å². The summed E-state index contributed by atoms with van der Waals surface area (Å²) in [6.45, 7) is 4.69. The predicted octanol–water partition coefficient (Wildman–Crippen LogP) is 1.52. The van der Waals surface area contributed by atoms with Crippen LogP contribution in [0, 0.1) is 0 Å². The van der Waals surface area contributed by atoms with Crippen molar-refractivity contribution in [1.82, 2.24) is 10.6 Å². The minimum atomic E-state index is 0.500. The normalized spacial score (nSPS) is 20.5. The molecule has 0 radical (unpaired) electrons. The molecule has 1 fully saturated rings. The fraction of sp³-hybridized carbons (Fsp3) is 1.00. The van der Waals surface area contributed by atoms with E-state index in [1.165, 1.54) is 38.6 Å². The van der Waals surface area contributed by atoms with Crippen molar-refractivity contribution < 1.29 is 0 Å². The minimum absolute atomic E-state index is 0.500. The Hall–Kier alpha value is -0.0800. The lowest BCUT2D eigenvalue weighted by molar-refractivity contribution is 0.208. The topological polar surface area (TPSA) is 24.1 Å². The van der Waals surface area contributed by atoms with Crippen molar-refractivity contribution in [2.45, 2.75) is 44.6 Å². The van der Waals surface area contributed by atoms with Crippen LogP contribution in [0.3, 0.4) is 0 Å². The van der Waals surface area contributed by atoms with Gasteiger partial charge in [0, 0.05) is 5.54 Å². The molecule has 0 unspecified atom stereocenters. The van der Waals surface area contributed by atoms with Gasteiger partial charge in [0.2, 0.25) is 0 Å². The van der Waals surface area contributed by atoms with Gasteiger partial charge in [0.25, 0.3) is 0 Å². The number of hydrogen-bond acceptors (Lipinski definition) is 2. The molecule has 0 atom stereocenters. The van der Waals surface area contributed by atoms with E-state index in [9.17, 15) is 0 Å². The molecular formula is C10H22N2. The second-order valence-electron chi connectivity index (χ2n) is 4.15. The second-order valence-corrected chi connectivity index (χ2v) is 4.15. The lowest BCUT2D eigenvalue weighted by atomic mass is 9.78. The number of unbranched alkanes of at least 4 members (excludes halogenated alkanes) is 1. The van der Waals surface area contributed by atoms with Crippen molar-refractivity contribution in [3.05, 3.63) is 0 Å². The minimum Gasteiger partial charge on any atom is -0.320 e. The fourth-order valence-corrected chi connectivity index (χ4v) is 1.70. The Kier molecular flexibility index (Phi) is 4.02. The molecule has 2 nitrogen and oxygen atoms in total. The molecule has 0 heterocycles. The van der Waals surface area contributed by atoms with Gasteiger partial charge in [-0.1, -0.05) is 0 Å². The zero-order chi connectivity index (χ0) is 8.86. The van der Waals surface area contributed by atoms with Crippen LogP contribution in [0.25, 0.3) is 0 Å². The van der Waals surface area contributed by atoms with E-state index in [1.54, 1.807) is 0 Å². The summed E-state index contributed by atoms with van der Waals surface area (Å²) < 4.78 is 0. The van der Waals surface area contributed by atoms with Crippen molar-refractivity contribution in [2.75, 3.05) is 20.1 Å². The molecule has 0 aliphatic heterocycles. The molecule has 0 amide bonds. The Balaban J connectivity index is 1.88. The smallest absolute Gasteiger partial charge is 0.0153 e. The molecule has 0 aromatic heterocycles. The highest BCUT2D eigenvalue weighted by molar-refractivity contribution is 4.91. The van der Waals surface area contributed by atoms with Crippen LogP contribution in [0.4, 0.5) is 0 Å². The lowest BCUT2D eigenvalue weighted by Gasteiger charge is -2.39. The highest BCUT2D eigenvalue weighted by Gasteiger charge is 2.30. The molecule has 2 N–H and O–H groups in total. The molecule has 1 aliphatic rings. The summed E-state index contributed by atoms with van der Waals surface area (Å²) in [5.41, 5.74) is 0.500. The number of rotatable bonds is 6. The molecule has 0 saturated heterocycles. The van der Waals surface area contributed by atoms with Gasteiger partial charge < -0.3 is 10.6 Å². The SMILES string of the molecule is CNCCCCNC1(C)CCC1. The summed E-state index contributed by atoms with van der Waals surface area (Å²) in [5, 5.41) is 6.79. The molecular weight excluding hydrogens is 148 g/mol. The van der Waals surface area contributed by atoms with E-state index in [1.807, 2.05) is 7.05 Å². The molecule has 0 spiro atoms. The maximum atomic E-state index is 3.63. The largest absolute Gasteiger partial charge is 0.320 e. The Labute approximate surface area is 76.1 Å². The Bertz CT molecular complexity index is 119. The van der Waals surface area contributed by atoms with Gasteiger partial charge in [-0.2, -0.15) is 0 Å². The Morgan fingerprint density at radius 2 is 1.83 bits per heavy atom. The zero-order valence-corrected chi connectivity index (χ0v) is 8.45. The highest BCUT2D eigenvalue weighted by Crippen LogP contribution is 2.30. The van der Waals surface area contributed by atoms with Crippen LogP contribution in [0.15, 0.2) is 0 Å². The average molecular weight is 170 g/mol. The third kappa shape index (κ3) is 3.11. The first-order chi connectivity index (χ1) is 5.77. The third-order valence-electron chi connectivity index (χ3n) is 2.86. The van der Waals surface area contributed by atoms with Gasteiger partial charge in [-0.3, -0.25) is 0 Å². The van der Waals surface area contributed by atoms with Gasteiger partial charge in [-0.25, -0.2) is 0 Å². The first-order valence-corrected chi connectivity index (χ1v) is 5.16. The first-order valence-electron chi connectivity index (χ1n) is 5.16. The van der Waals surface area contributed by atoms with Crippen LogP contribution < -0.4 is 10.6 Å². The maximum absolute atomic E-state index is 3.63. The monoisotopic (exact) mass is 170 g/mol. The Morgan fingerprint density at radius 1 is 1.17 bits per heavy atom. The average Bonchev–Trinajstić information content (AvgIpc) is 2.01. The lowest BCUT2D eigenvalue weighted by Crippen LogP contribution is -2.48. The molecule has 12 heavy (non-hydrogen) atoms. The molecule has 1 saturated carbocycles. The van der Waals surface area contributed by atoms with E-state index in [4.69, 9.17) is 0 Å². The van der Waals surface area contributed by atoms with Crippen LogP contribution in [0.1, 0.15) is 39.0 Å². The van der Waals surface area contributed by atoms with E-state index in [0.717, 1.165) is 6.54 Å². The number of hydrogen-bond donors (Lipinski definition) is 2. The molecule has 72 valence electrons. The first kappa shape index (κ1) is 10.0. The summed E-state index contributed by atoms with van der Waals surface area (Å²) in [4.78, 5) is 0. The van der Waals surface area contributed by atoms with Crippen LogP contribution in [0.2, 0.25) is 0 Å². The Morgan fingerprint density at radius 3 is 2.33 bits per heavy atom. The van der Waals surface area contributed by atoms with Gasteiger partial charge in [0.15, 0.2) is 0 Å². The van der Waals surface area contributed by atoms with Crippen molar-refractivity contribution >= 4 is 0 Å². The van der Waals surface area contributed by atoms with Crippen molar-refractivity contribution in [3.8, 4) is 0 Å². The third-order valence-corrected chi connectivity index (χ3v) is 2.86. The summed E-state index contributed by atoms with van der Waals surface area (Å²) in [6.07, 6.45) is 6.76. The van der Waals surface area contributed by atoms with Gasteiger partial charge in [-0.15, -0.1) is 0 Å². The number of nitrogens with one attached hydrogen (secondary N) is 2. The predicted molar refractivity (Wildman–Crippen MR) is 53.4 cm³/mol. The molecule has 0 bridgehead atoms. The highest BCUT2D eigenvalue weighted by atomic mass is 15.0. The summed E-state index contributed by atoms with van der Waals surface area (Å²) >= 11 is 0. The summed E-state index contributed by atoms with van der Waals surface area (Å²) in [7, 11) is 2.01. The maximum Gasteiger partial charge on any atom is 0.0153 e. The quantitative estimate of drug-likeness (QED) is 0.591. The second kappa shape index (κ2) is 4.83. The standard InChI is InChI=1S/C10H22N2/c1-10(6-5-7-10)12-9-4-3-8-11-2/h11-12H,3-9H2,1-2H3. The molecule has 2 heteroatoms. The van der Waals surface area contributed by atoms with Crippen LogP contribution in [-0.2, 0) is 0 Å².